The van der Waals surface area contributed by atoms with E-state index in [4.69, 9.17) is 0 Å². The second-order valence-corrected chi connectivity index (χ2v) is 3.87. The zero-order valence-corrected chi connectivity index (χ0v) is 9.83. The van der Waals surface area contributed by atoms with Gasteiger partial charge in [-0.2, -0.15) is 0 Å². The van der Waals surface area contributed by atoms with Crippen molar-refractivity contribution < 1.29 is 0 Å². The summed E-state index contributed by atoms with van der Waals surface area (Å²) >= 11 is 0. The van der Waals surface area contributed by atoms with E-state index in [1.807, 2.05) is 0 Å². The number of benzene rings is 1. The van der Waals surface area contributed by atoms with Crippen LogP contribution in [0, 0.1) is 13.8 Å². The van der Waals surface area contributed by atoms with Crippen LogP contribution >= 0.6 is 0 Å². The highest BCUT2D eigenvalue weighted by Gasteiger charge is 2.06. The Morgan fingerprint density at radius 2 is 1.07 bits per heavy atom. The molecule has 0 amide bonds. The van der Waals surface area contributed by atoms with Crippen LogP contribution in [0.4, 0.5) is 0 Å². The highest BCUT2D eigenvalue weighted by molar-refractivity contribution is 5.43. The normalized spacial score (nSPS) is 10.6. The maximum atomic E-state index is 4.14. The molecular weight excluding hydrogens is 168 g/mol. The SMILES string of the molecule is C=c1c(CC)c(C)c(C)c(CC)c1=C. The van der Waals surface area contributed by atoms with Crippen molar-refractivity contribution in [2.45, 2.75) is 40.5 Å². The fourth-order valence-electron chi connectivity index (χ4n) is 2.23. The first-order chi connectivity index (χ1) is 6.54. The lowest BCUT2D eigenvalue weighted by Gasteiger charge is -2.13. The van der Waals surface area contributed by atoms with E-state index in [0.29, 0.717) is 0 Å². The van der Waals surface area contributed by atoms with E-state index < -0.39 is 0 Å². The lowest BCUT2D eigenvalue weighted by Crippen LogP contribution is -2.32. The van der Waals surface area contributed by atoms with Gasteiger partial charge in [-0.15, -0.1) is 0 Å². The highest BCUT2D eigenvalue weighted by Crippen LogP contribution is 2.12. The third-order valence-corrected chi connectivity index (χ3v) is 3.27. The van der Waals surface area contributed by atoms with Crippen molar-refractivity contribution in [3.05, 3.63) is 32.7 Å². The summed E-state index contributed by atoms with van der Waals surface area (Å²) in [6, 6.07) is 0. The molecule has 0 aliphatic heterocycles. The second-order valence-electron chi connectivity index (χ2n) is 3.87. The van der Waals surface area contributed by atoms with Crippen LogP contribution < -0.4 is 10.4 Å². The van der Waals surface area contributed by atoms with Gasteiger partial charge in [0.1, 0.15) is 0 Å². The summed E-state index contributed by atoms with van der Waals surface area (Å²) < 4.78 is 0. The Morgan fingerprint density at radius 3 is 1.29 bits per heavy atom. The molecule has 0 atom stereocenters. The summed E-state index contributed by atoms with van der Waals surface area (Å²) in [6.07, 6.45) is 2.11. The molecule has 0 bridgehead atoms. The van der Waals surface area contributed by atoms with Gasteiger partial charge in [-0.05, 0) is 59.4 Å². The molecule has 0 aliphatic rings. The number of hydrogen-bond donors (Lipinski definition) is 0. The first-order valence-electron chi connectivity index (χ1n) is 5.33. The van der Waals surface area contributed by atoms with Crippen LogP contribution in [0.25, 0.3) is 13.2 Å². The Balaban J connectivity index is 3.73. The van der Waals surface area contributed by atoms with Gasteiger partial charge in [0.2, 0.25) is 0 Å². The van der Waals surface area contributed by atoms with Gasteiger partial charge < -0.3 is 0 Å². The Labute approximate surface area is 87.0 Å². The minimum absolute atomic E-state index is 1.05. The molecule has 76 valence electrons. The van der Waals surface area contributed by atoms with Gasteiger partial charge in [-0.25, -0.2) is 0 Å². The molecule has 0 aromatic heterocycles. The van der Waals surface area contributed by atoms with Gasteiger partial charge in [0, 0.05) is 0 Å². The van der Waals surface area contributed by atoms with E-state index >= 15 is 0 Å². The van der Waals surface area contributed by atoms with Crippen LogP contribution in [-0.2, 0) is 12.8 Å². The highest BCUT2D eigenvalue weighted by atomic mass is 14.1. The molecule has 0 fully saturated rings. The molecule has 0 radical (unpaired) electrons. The van der Waals surface area contributed by atoms with E-state index in [2.05, 4.69) is 40.9 Å². The van der Waals surface area contributed by atoms with Gasteiger partial charge in [-0.3, -0.25) is 0 Å². The molecule has 1 rings (SSSR count). The maximum absolute atomic E-state index is 4.14. The summed E-state index contributed by atoms with van der Waals surface area (Å²) in [6.45, 7) is 17.0. The molecule has 0 heterocycles. The van der Waals surface area contributed by atoms with Crippen LogP contribution in [0.1, 0.15) is 36.1 Å². The van der Waals surface area contributed by atoms with E-state index in [-0.39, 0.29) is 0 Å². The summed E-state index contributed by atoms with van der Waals surface area (Å²) in [7, 11) is 0. The van der Waals surface area contributed by atoms with Crippen molar-refractivity contribution in [3.8, 4) is 0 Å². The molecule has 0 heteroatoms. The quantitative estimate of drug-likeness (QED) is 0.668. The fraction of sp³-hybridized carbons (Fsp3) is 0.429. The lowest BCUT2D eigenvalue weighted by molar-refractivity contribution is 1.01. The van der Waals surface area contributed by atoms with Crippen molar-refractivity contribution in [3.63, 3.8) is 0 Å². The summed E-state index contributed by atoms with van der Waals surface area (Å²) in [5.41, 5.74) is 5.57. The molecule has 0 aliphatic carbocycles. The number of rotatable bonds is 2. The predicted octanol–water partition coefficient (Wildman–Crippen LogP) is 2.25. The average molecular weight is 188 g/mol. The fourth-order valence-corrected chi connectivity index (χ4v) is 2.23. The van der Waals surface area contributed by atoms with Crippen LogP contribution in [0.15, 0.2) is 0 Å². The standard InChI is InChI=1S/C14H20/c1-7-13-9(3)11(5)14(8-2)12(6)10(13)4/h3,5,7-8H2,1-2,4,6H3. The van der Waals surface area contributed by atoms with Crippen LogP contribution in [0.5, 0.6) is 0 Å². The third-order valence-electron chi connectivity index (χ3n) is 3.27. The van der Waals surface area contributed by atoms with Crippen molar-refractivity contribution in [2.75, 3.05) is 0 Å². The molecule has 14 heavy (non-hydrogen) atoms. The van der Waals surface area contributed by atoms with Crippen molar-refractivity contribution in [2.24, 2.45) is 0 Å². The van der Waals surface area contributed by atoms with Gasteiger partial charge in [0.15, 0.2) is 0 Å². The van der Waals surface area contributed by atoms with Crippen molar-refractivity contribution in [1.82, 2.24) is 0 Å². The molecule has 1 aromatic carbocycles. The van der Waals surface area contributed by atoms with Gasteiger partial charge in [0.05, 0.1) is 0 Å². The van der Waals surface area contributed by atoms with Gasteiger partial charge >= 0.3 is 0 Å². The molecule has 0 saturated carbocycles. The minimum atomic E-state index is 1.05. The molecule has 0 saturated heterocycles. The Kier molecular flexibility index (Phi) is 3.15. The van der Waals surface area contributed by atoms with Crippen molar-refractivity contribution in [1.29, 1.82) is 0 Å². The summed E-state index contributed by atoms with van der Waals surface area (Å²) in [5.74, 6) is 0. The first-order valence-corrected chi connectivity index (χ1v) is 5.33. The molecule has 1 aromatic rings. The smallest absolute Gasteiger partial charge is 0.0224 e. The van der Waals surface area contributed by atoms with Gasteiger partial charge in [-0.1, -0.05) is 27.0 Å². The average Bonchev–Trinajstić information content (AvgIpc) is 2.17. The molecular formula is C14H20. The topological polar surface area (TPSA) is 0 Å². The van der Waals surface area contributed by atoms with E-state index in [9.17, 15) is 0 Å². The van der Waals surface area contributed by atoms with E-state index in [0.717, 1.165) is 23.3 Å². The number of hydrogen-bond acceptors (Lipinski definition) is 0. The van der Waals surface area contributed by atoms with E-state index in [1.165, 1.54) is 22.3 Å². The van der Waals surface area contributed by atoms with Crippen molar-refractivity contribution >= 4 is 13.2 Å². The molecule has 0 N–H and O–H groups in total. The monoisotopic (exact) mass is 188 g/mol. The zero-order valence-electron chi connectivity index (χ0n) is 9.83. The van der Waals surface area contributed by atoms with Crippen LogP contribution in [-0.4, -0.2) is 0 Å². The largest absolute Gasteiger partial charge is 0.0909 e. The first kappa shape index (κ1) is 11.0. The molecule has 0 unspecified atom stereocenters. The molecule has 0 nitrogen and oxygen atoms in total. The minimum Gasteiger partial charge on any atom is -0.0909 e. The molecule has 0 spiro atoms. The Morgan fingerprint density at radius 1 is 0.786 bits per heavy atom. The summed E-state index contributed by atoms with van der Waals surface area (Å²) in [5, 5.41) is 2.29. The Bertz CT molecular complexity index is 395. The van der Waals surface area contributed by atoms with Gasteiger partial charge in [0.25, 0.3) is 0 Å². The Hall–Kier alpha value is -1.04. The second kappa shape index (κ2) is 4.00. The zero-order chi connectivity index (χ0) is 10.9. The summed E-state index contributed by atoms with van der Waals surface area (Å²) in [4.78, 5) is 0. The predicted molar refractivity (Wildman–Crippen MR) is 65.0 cm³/mol. The van der Waals surface area contributed by atoms with Crippen LogP contribution in [0.2, 0.25) is 0 Å². The maximum Gasteiger partial charge on any atom is -0.0224 e. The lowest BCUT2D eigenvalue weighted by atomic mass is 9.92. The van der Waals surface area contributed by atoms with Crippen LogP contribution in [0.3, 0.4) is 0 Å². The third kappa shape index (κ3) is 1.50. The van der Waals surface area contributed by atoms with E-state index in [1.54, 1.807) is 0 Å².